The van der Waals surface area contributed by atoms with Crippen molar-refractivity contribution in [3.63, 3.8) is 0 Å². The summed E-state index contributed by atoms with van der Waals surface area (Å²) in [4.78, 5) is 0. The molecule has 1 aliphatic rings. The Balaban J connectivity index is 2.06. The molecule has 0 spiro atoms. The van der Waals surface area contributed by atoms with Crippen LogP contribution in [0.2, 0.25) is 0 Å². The Morgan fingerprint density at radius 2 is 1.84 bits per heavy atom. The highest BCUT2D eigenvalue weighted by Crippen LogP contribution is 2.27. The Labute approximate surface area is 116 Å². The van der Waals surface area contributed by atoms with Crippen LogP contribution in [0.5, 0.6) is 5.75 Å². The third-order valence-corrected chi connectivity index (χ3v) is 3.78. The van der Waals surface area contributed by atoms with Gasteiger partial charge in [-0.2, -0.15) is 0 Å². The fourth-order valence-corrected chi connectivity index (χ4v) is 2.65. The van der Waals surface area contributed by atoms with Crippen LogP contribution in [0.15, 0.2) is 35.9 Å². The molecule has 104 valence electrons. The molecule has 0 radical (unpaired) electrons. The third kappa shape index (κ3) is 4.10. The highest BCUT2D eigenvalue weighted by Gasteiger charge is 2.12. The van der Waals surface area contributed by atoms with Crippen molar-refractivity contribution in [1.82, 2.24) is 0 Å². The zero-order valence-electron chi connectivity index (χ0n) is 11.9. The van der Waals surface area contributed by atoms with Crippen LogP contribution in [-0.2, 0) is 0 Å². The van der Waals surface area contributed by atoms with Gasteiger partial charge >= 0.3 is 0 Å². The van der Waals surface area contributed by atoms with Crippen molar-refractivity contribution in [3.8, 4) is 5.75 Å². The van der Waals surface area contributed by atoms with Crippen molar-refractivity contribution in [3.05, 3.63) is 41.5 Å². The van der Waals surface area contributed by atoms with E-state index in [9.17, 15) is 0 Å². The molecular weight excluding hydrogens is 234 g/mol. The summed E-state index contributed by atoms with van der Waals surface area (Å²) < 4.78 is 5.47. The lowest BCUT2D eigenvalue weighted by molar-refractivity contribution is 0.340. The van der Waals surface area contributed by atoms with Gasteiger partial charge in [0.15, 0.2) is 0 Å². The average molecular weight is 259 g/mol. The largest absolute Gasteiger partial charge is 0.494 e. The van der Waals surface area contributed by atoms with Crippen molar-refractivity contribution in [2.75, 3.05) is 6.61 Å². The molecule has 1 aliphatic carbocycles. The summed E-state index contributed by atoms with van der Waals surface area (Å²) in [5.74, 6) is 0.921. The average Bonchev–Trinajstić information content (AvgIpc) is 2.39. The minimum absolute atomic E-state index is 0.0498. The summed E-state index contributed by atoms with van der Waals surface area (Å²) >= 11 is 0. The van der Waals surface area contributed by atoms with Gasteiger partial charge in [-0.05, 0) is 50.3 Å². The number of nitrogens with two attached hydrogens (primary N) is 1. The van der Waals surface area contributed by atoms with Crippen molar-refractivity contribution >= 4 is 0 Å². The van der Waals surface area contributed by atoms with E-state index in [0.29, 0.717) is 6.61 Å². The Hall–Kier alpha value is -1.28. The molecule has 2 N–H and O–H groups in total. The van der Waals surface area contributed by atoms with Gasteiger partial charge < -0.3 is 10.5 Å². The van der Waals surface area contributed by atoms with Gasteiger partial charge in [0.25, 0.3) is 0 Å². The summed E-state index contributed by atoms with van der Waals surface area (Å²) in [6.45, 7) is 2.70. The first-order valence-electron chi connectivity index (χ1n) is 7.48. The number of allylic oxidation sites excluding steroid dienone is 1. The van der Waals surface area contributed by atoms with E-state index in [1.165, 1.54) is 43.2 Å². The molecule has 19 heavy (non-hydrogen) atoms. The lowest BCUT2D eigenvalue weighted by Crippen LogP contribution is -2.14. The van der Waals surface area contributed by atoms with Crippen molar-refractivity contribution in [2.45, 2.75) is 51.5 Å². The van der Waals surface area contributed by atoms with Gasteiger partial charge in [0.1, 0.15) is 5.75 Å². The highest BCUT2D eigenvalue weighted by atomic mass is 16.5. The third-order valence-electron chi connectivity index (χ3n) is 3.78. The van der Waals surface area contributed by atoms with Gasteiger partial charge in [0, 0.05) is 0 Å². The minimum Gasteiger partial charge on any atom is -0.494 e. The number of hydrogen-bond acceptors (Lipinski definition) is 2. The summed E-state index contributed by atoms with van der Waals surface area (Å²) in [7, 11) is 0. The Bertz CT molecular complexity index is 408. The van der Waals surface area contributed by atoms with E-state index in [0.717, 1.165) is 12.2 Å². The van der Waals surface area contributed by atoms with E-state index < -0.39 is 0 Å². The number of benzene rings is 1. The Kier molecular flexibility index (Phi) is 5.46. The maximum absolute atomic E-state index is 6.41. The van der Waals surface area contributed by atoms with E-state index in [2.05, 4.69) is 18.2 Å². The lowest BCUT2D eigenvalue weighted by Gasteiger charge is -2.19. The van der Waals surface area contributed by atoms with Crippen molar-refractivity contribution in [1.29, 1.82) is 0 Å². The predicted octanol–water partition coefficient (Wildman–Crippen LogP) is 4.37. The summed E-state index contributed by atoms with van der Waals surface area (Å²) in [6, 6.07) is 8.27. The molecule has 0 amide bonds. The van der Waals surface area contributed by atoms with Crippen LogP contribution in [-0.4, -0.2) is 6.61 Å². The van der Waals surface area contributed by atoms with Gasteiger partial charge in [0.2, 0.25) is 0 Å². The first-order chi connectivity index (χ1) is 9.31. The van der Waals surface area contributed by atoms with Crippen LogP contribution in [0.4, 0.5) is 0 Å². The second kappa shape index (κ2) is 7.34. The molecule has 0 bridgehead atoms. The molecule has 0 saturated carbocycles. The fraction of sp³-hybridized carbons (Fsp3) is 0.529. The quantitative estimate of drug-likeness (QED) is 0.815. The van der Waals surface area contributed by atoms with Crippen LogP contribution >= 0.6 is 0 Å². The standard InChI is InChI=1S/C17H25NO/c1-2-19-16-12-10-15(11-13-16)17(18)14-8-6-4-3-5-7-9-14/h8,10-13,17H,2-7,9,18H2,1H3/b14-8+. The van der Waals surface area contributed by atoms with E-state index in [1.54, 1.807) is 0 Å². The summed E-state index contributed by atoms with van der Waals surface area (Å²) in [6.07, 6.45) is 9.97. The molecule has 2 heteroatoms. The van der Waals surface area contributed by atoms with Crippen molar-refractivity contribution < 1.29 is 4.74 Å². The number of hydrogen-bond donors (Lipinski definition) is 1. The first kappa shape index (κ1) is 14.1. The molecule has 0 fully saturated rings. The molecule has 2 rings (SSSR count). The van der Waals surface area contributed by atoms with Gasteiger partial charge in [-0.15, -0.1) is 0 Å². The van der Waals surface area contributed by atoms with E-state index in [4.69, 9.17) is 10.5 Å². The smallest absolute Gasteiger partial charge is 0.119 e. The van der Waals surface area contributed by atoms with Gasteiger partial charge in [-0.1, -0.05) is 36.6 Å². The van der Waals surface area contributed by atoms with Gasteiger partial charge in [-0.25, -0.2) is 0 Å². The van der Waals surface area contributed by atoms with Crippen LogP contribution in [0, 0.1) is 0 Å². The molecule has 0 saturated heterocycles. The van der Waals surface area contributed by atoms with Crippen molar-refractivity contribution in [2.24, 2.45) is 5.73 Å². The zero-order valence-corrected chi connectivity index (χ0v) is 11.9. The number of rotatable bonds is 4. The Morgan fingerprint density at radius 1 is 1.11 bits per heavy atom. The van der Waals surface area contributed by atoms with Crippen LogP contribution in [0.3, 0.4) is 0 Å². The molecular formula is C17H25NO. The van der Waals surface area contributed by atoms with E-state index in [1.807, 2.05) is 19.1 Å². The molecule has 0 heterocycles. The normalized spacial score (nSPS) is 20.8. The monoisotopic (exact) mass is 259 g/mol. The molecule has 1 aromatic rings. The van der Waals surface area contributed by atoms with E-state index >= 15 is 0 Å². The summed E-state index contributed by atoms with van der Waals surface area (Å²) in [5.41, 5.74) is 9.00. The Morgan fingerprint density at radius 3 is 2.58 bits per heavy atom. The fourth-order valence-electron chi connectivity index (χ4n) is 2.65. The SMILES string of the molecule is CCOc1ccc(C(N)/C2=C/CCCCCC2)cc1. The first-order valence-corrected chi connectivity index (χ1v) is 7.48. The molecule has 1 unspecified atom stereocenters. The second-order valence-corrected chi connectivity index (χ2v) is 5.21. The second-order valence-electron chi connectivity index (χ2n) is 5.21. The molecule has 1 aromatic carbocycles. The topological polar surface area (TPSA) is 35.2 Å². The maximum atomic E-state index is 6.41. The van der Waals surface area contributed by atoms with Crippen LogP contribution in [0.25, 0.3) is 0 Å². The van der Waals surface area contributed by atoms with E-state index in [-0.39, 0.29) is 6.04 Å². The lowest BCUT2D eigenvalue weighted by atomic mass is 9.91. The predicted molar refractivity (Wildman–Crippen MR) is 80.3 cm³/mol. The minimum atomic E-state index is 0.0498. The van der Waals surface area contributed by atoms with Gasteiger partial charge in [0.05, 0.1) is 12.6 Å². The highest BCUT2D eigenvalue weighted by molar-refractivity contribution is 5.33. The van der Waals surface area contributed by atoms with Crippen LogP contribution < -0.4 is 10.5 Å². The number of ether oxygens (including phenoxy) is 1. The zero-order chi connectivity index (χ0) is 13.5. The van der Waals surface area contributed by atoms with Crippen LogP contribution in [0.1, 0.15) is 57.1 Å². The summed E-state index contributed by atoms with van der Waals surface area (Å²) in [5, 5.41) is 0. The molecule has 0 aromatic heterocycles. The molecule has 0 aliphatic heterocycles. The maximum Gasteiger partial charge on any atom is 0.119 e. The molecule has 2 nitrogen and oxygen atoms in total. The molecule has 1 atom stereocenters. The van der Waals surface area contributed by atoms with Gasteiger partial charge in [-0.3, -0.25) is 0 Å².